The first-order valence-electron chi connectivity index (χ1n) is 3.26. The quantitative estimate of drug-likeness (QED) is 0.394. The Labute approximate surface area is 57.0 Å². The van der Waals surface area contributed by atoms with Gasteiger partial charge in [0.2, 0.25) is 0 Å². The number of hydrogen-bond donors (Lipinski definition) is 2. The fourth-order valence-corrected chi connectivity index (χ4v) is 0.514. The van der Waals surface area contributed by atoms with E-state index in [1.807, 2.05) is 0 Å². The van der Waals surface area contributed by atoms with Crippen LogP contribution < -0.4 is 10.6 Å². The third kappa shape index (κ3) is 7.48. The van der Waals surface area contributed by atoms with E-state index in [4.69, 9.17) is 6.42 Å². The van der Waals surface area contributed by atoms with Gasteiger partial charge in [0.15, 0.2) is 0 Å². The van der Waals surface area contributed by atoms with E-state index in [0.717, 1.165) is 19.6 Å². The van der Waals surface area contributed by atoms with Crippen LogP contribution >= 0.6 is 0 Å². The summed E-state index contributed by atoms with van der Waals surface area (Å²) < 4.78 is 0. The Morgan fingerprint density at radius 2 is 2.00 bits per heavy atom. The van der Waals surface area contributed by atoms with Gasteiger partial charge in [0, 0.05) is 13.1 Å². The SMILES string of the molecule is C#CCNCCNCC. The highest BCUT2D eigenvalue weighted by atomic mass is 14.9. The number of hydrogen-bond acceptors (Lipinski definition) is 2. The van der Waals surface area contributed by atoms with Gasteiger partial charge in [-0.2, -0.15) is 0 Å². The average Bonchev–Trinajstić information content (AvgIpc) is 1.89. The van der Waals surface area contributed by atoms with Crippen molar-refractivity contribution in [1.82, 2.24) is 10.6 Å². The lowest BCUT2D eigenvalue weighted by molar-refractivity contribution is 0.657. The molecule has 2 heteroatoms. The van der Waals surface area contributed by atoms with Crippen molar-refractivity contribution in [2.45, 2.75) is 6.92 Å². The Bertz CT molecular complexity index is 83.4. The van der Waals surface area contributed by atoms with Crippen LogP contribution in [-0.4, -0.2) is 26.2 Å². The van der Waals surface area contributed by atoms with Crippen LogP contribution in [-0.2, 0) is 0 Å². The summed E-state index contributed by atoms with van der Waals surface area (Å²) in [5.41, 5.74) is 0. The second-order valence-electron chi connectivity index (χ2n) is 1.73. The Morgan fingerprint density at radius 3 is 2.56 bits per heavy atom. The van der Waals surface area contributed by atoms with Gasteiger partial charge < -0.3 is 10.6 Å². The van der Waals surface area contributed by atoms with E-state index in [2.05, 4.69) is 23.5 Å². The van der Waals surface area contributed by atoms with E-state index in [1.165, 1.54) is 0 Å². The second kappa shape index (κ2) is 7.48. The molecule has 0 rings (SSSR count). The summed E-state index contributed by atoms with van der Waals surface area (Å²) in [4.78, 5) is 0. The highest BCUT2D eigenvalue weighted by Crippen LogP contribution is 1.57. The molecule has 2 N–H and O–H groups in total. The zero-order valence-electron chi connectivity index (χ0n) is 5.91. The van der Waals surface area contributed by atoms with E-state index in [9.17, 15) is 0 Å². The van der Waals surface area contributed by atoms with Gasteiger partial charge in [-0.05, 0) is 6.54 Å². The van der Waals surface area contributed by atoms with Crippen molar-refractivity contribution in [3.63, 3.8) is 0 Å². The molecule has 0 spiro atoms. The molecule has 0 aliphatic heterocycles. The maximum absolute atomic E-state index is 5.01. The van der Waals surface area contributed by atoms with E-state index in [0.29, 0.717) is 6.54 Å². The first-order chi connectivity index (χ1) is 4.41. The minimum Gasteiger partial charge on any atom is -0.316 e. The zero-order valence-corrected chi connectivity index (χ0v) is 5.91. The highest BCUT2D eigenvalue weighted by molar-refractivity contribution is 4.86. The monoisotopic (exact) mass is 126 g/mol. The topological polar surface area (TPSA) is 24.1 Å². The predicted molar refractivity (Wildman–Crippen MR) is 40.2 cm³/mol. The van der Waals surface area contributed by atoms with Crippen LogP contribution in [0.3, 0.4) is 0 Å². The first kappa shape index (κ1) is 8.48. The fraction of sp³-hybridized carbons (Fsp3) is 0.714. The molecule has 0 radical (unpaired) electrons. The van der Waals surface area contributed by atoms with Crippen molar-refractivity contribution >= 4 is 0 Å². The normalized spacial score (nSPS) is 8.89. The highest BCUT2D eigenvalue weighted by Gasteiger charge is 1.80. The summed E-state index contributed by atoms with van der Waals surface area (Å²) in [6, 6.07) is 0. The molecule has 0 atom stereocenters. The van der Waals surface area contributed by atoms with Gasteiger partial charge in [-0.15, -0.1) is 6.42 Å². The average molecular weight is 126 g/mol. The zero-order chi connectivity index (χ0) is 6.95. The van der Waals surface area contributed by atoms with Crippen LogP contribution in [0.4, 0.5) is 0 Å². The van der Waals surface area contributed by atoms with Crippen molar-refractivity contribution in [3.8, 4) is 12.3 Å². The summed E-state index contributed by atoms with van der Waals surface area (Å²) >= 11 is 0. The van der Waals surface area contributed by atoms with Gasteiger partial charge in [0.05, 0.1) is 6.54 Å². The van der Waals surface area contributed by atoms with Crippen molar-refractivity contribution in [1.29, 1.82) is 0 Å². The lowest BCUT2D eigenvalue weighted by Gasteiger charge is -1.99. The predicted octanol–water partition coefficient (Wildman–Crippen LogP) is -0.181. The summed E-state index contributed by atoms with van der Waals surface area (Å²) in [5.74, 6) is 2.51. The molecule has 9 heavy (non-hydrogen) atoms. The molecule has 0 heterocycles. The van der Waals surface area contributed by atoms with E-state index in [1.54, 1.807) is 0 Å². The van der Waals surface area contributed by atoms with Crippen molar-refractivity contribution in [2.75, 3.05) is 26.2 Å². The van der Waals surface area contributed by atoms with E-state index >= 15 is 0 Å². The van der Waals surface area contributed by atoms with Crippen LogP contribution in [0, 0.1) is 12.3 Å². The van der Waals surface area contributed by atoms with Gasteiger partial charge in [-0.3, -0.25) is 0 Å². The fourth-order valence-electron chi connectivity index (χ4n) is 0.514. The third-order valence-corrected chi connectivity index (χ3v) is 0.956. The molecule has 0 saturated heterocycles. The van der Waals surface area contributed by atoms with Gasteiger partial charge in [0.1, 0.15) is 0 Å². The van der Waals surface area contributed by atoms with Crippen LogP contribution in [0.5, 0.6) is 0 Å². The van der Waals surface area contributed by atoms with E-state index in [-0.39, 0.29) is 0 Å². The molecule has 0 amide bonds. The number of nitrogens with one attached hydrogen (secondary N) is 2. The van der Waals surface area contributed by atoms with Gasteiger partial charge in [-0.1, -0.05) is 12.8 Å². The smallest absolute Gasteiger partial charge is 0.0574 e. The molecule has 0 aromatic carbocycles. The molecule has 52 valence electrons. The molecule has 0 saturated carbocycles. The minimum atomic E-state index is 0.672. The van der Waals surface area contributed by atoms with Crippen molar-refractivity contribution < 1.29 is 0 Å². The molecule has 0 unspecified atom stereocenters. The van der Waals surface area contributed by atoms with Crippen LogP contribution in [0.1, 0.15) is 6.92 Å². The molecular weight excluding hydrogens is 112 g/mol. The second-order valence-corrected chi connectivity index (χ2v) is 1.73. The first-order valence-corrected chi connectivity index (χ1v) is 3.26. The van der Waals surface area contributed by atoms with Crippen molar-refractivity contribution in [2.24, 2.45) is 0 Å². The van der Waals surface area contributed by atoms with Gasteiger partial charge in [-0.25, -0.2) is 0 Å². The molecule has 0 aromatic rings. The lowest BCUT2D eigenvalue weighted by atomic mass is 10.5. The third-order valence-electron chi connectivity index (χ3n) is 0.956. The minimum absolute atomic E-state index is 0.672. The Hall–Kier alpha value is -0.520. The van der Waals surface area contributed by atoms with Crippen LogP contribution in [0.25, 0.3) is 0 Å². The van der Waals surface area contributed by atoms with E-state index < -0.39 is 0 Å². The largest absolute Gasteiger partial charge is 0.316 e. The van der Waals surface area contributed by atoms with Crippen molar-refractivity contribution in [3.05, 3.63) is 0 Å². The molecule has 0 bridgehead atoms. The number of rotatable bonds is 5. The summed E-state index contributed by atoms with van der Waals surface area (Å²) in [7, 11) is 0. The Morgan fingerprint density at radius 1 is 1.33 bits per heavy atom. The van der Waals surface area contributed by atoms with Crippen LogP contribution in [0.2, 0.25) is 0 Å². The number of terminal acetylenes is 1. The molecule has 0 fully saturated rings. The van der Waals surface area contributed by atoms with Crippen LogP contribution in [0.15, 0.2) is 0 Å². The summed E-state index contributed by atoms with van der Waals surface area (Å²) in [6.07, 6.45) is 5.01. The summed E-state index contributed by atoms with van der Waals surface area (Å²) in [6.45, 7) is 5.74. The number of likely N-dealkylation sites (N-methyl/N-ethyl adjacent to an activating group) is 1. The lowest BCUT2D eigenvalue weighted by Crippen LogP contribution is -2.27. The maximum atomic E-state index is 5.01. The molecular formula is C7H14N2. The standard InChI is InChI=1S/C7H14N2/c1-3-5-9-7-6-8-4-2/h1,8-9H,4-7H2,2H3. The summed E-state index contributed by atoms with van der Waals surface area (Å²) in [5, 5.41) is 6.25. The molecule has 0 aliphatic carbocycles. The molecule has 0 aromatic heterocycles. The van der Waals surface area contributed by atoms with Gasteiger partial charge >= 0.3 is 0 Å². The van der Waals surface area contributed by atoms with Gasteiger partial charge in [0.25, 0.3) is 0 Å². The maximum Gasteiger partial charge on any atom is 0.0574 e. The molecule has 0 aliphatic rings. The Kier molecular flexibility index (Phi) is 7.05. The Balaban J connectivity index is 2.69. The molecule has 2 nitrogen and oxygen atoms in total.